The third-order valence-corrected chi connectivity index (χ3v) is 1.72. The monoisotopic (exact) mass is 182 g/mol. The SMILES string of the molecule is C=Cc1c(F)ccc([N+](=C)C)c1F. The molecule has 0 unspecified atom stereocenters. The number of halogens is 2. The summed E-state index contributed by atoms with van der Waals surface area (Å²) >= 11 is 0. The highest BCUT2D eigenvalue weighted by Gasteiger charge is 2.15. The van der Waals surface area contributed by atoms with Crippen molar-refractivity contribution in [2.45, 2.75) is 0 Å². The molecule has 0 aliphatic heterocycles. The van der Waals surface area contributed by atoms with Gasteiger partial charge in [0.15, 0.2) is 0 Å². The Bertz CT molecular complexity index is 369. The Morgan fingerprint density at radius 2 is 2.00 bits per heavy atom. The molecular weight excluding hydrogens is 172 g/mol. The first-order valence-corrected chi connectivity index (χ1v) is 3.72. The van der Waals surface area contributed by atoms with Gasteiger partial charge in [0.2, 0.25) is 11.5 Å². The molecule has 0 spiro atoms. The van der Waals surface area contributed by atoms with Crippen molar-refractivity contribution < 1.29 is 13.4 Å². The highest BCUT2D eigenvalue weighted by molar-refractivity contribution is 5.54. The fraction of sp³-hybridized carbons (Fsp3) is 0.100. The van der Waals surface area contributed by atoms with E-state index in [2.05, 4.69) is 13.3 Å². The lowest BCUT2D eigenvalue weighted by molar-refractivity contribution is -0.397. The molecule has 13 heavy (non-hydrogen) atoms. The van der Waals surface area contributed by atoms with Crippen LogP contribution in [0.15, 0.2) is 18.7 Å². The molecule has 1 nitrogen and oxygen atoms in total. The van der Waals surface area contributed by atoms with E-state index in [0.717, 1.165) is 6.08 Å². The van der Waals surface area contributed by atoms with Gasteiger partial charge in [0, 0.05) is 6.07 Å². The highest BCUT2D eigenvalue weighted by Crippen LogP contribution is 2.22. The van der Waals surface area contributed by atoms with Crippen LogP contribution in [-0.2, 0) is 0 Å². The fourth-order valence-electron chi connectivity index (χ4n) is 1.04. The molecule has 0 atom stereocenters. The summed E-state index contributed by atoms with van der Waals surface area (Å²) < 4.78 is 27.7. The molecule has 0 fully saturated rings. The molecule has 1 rings (SSSR count). The Hall–Kier alpha value is -1.51. The molecule has 3 heteroatoms. The van der Waals surface area contributed by atoms with E-state index >= 15 is 0 Å². The molecule has 0 aliphatic carbocycles. The van der Waals surface area contributed by atoms with Crippen molar-refractivity contribution in [3.8, 4) is 0 Å². The van der Waals surface area contributed by atoms with Crippen LogP contribution < -0.4 is 0 Å². The van der Waals surface area contributed by atoms with Gasteiger partial charge in [-0.25, -0.2) is 8.97 Å². The normalized spacial score (nSPS) is 9.77. The number of rotatable bonds is 2. The lowest BCUT2D eigenvalue weighted by Crippen LogP contribution is -1.99. The molecule has 0 bridgehead atoms. The zero-order valence-electron chi connectivity index (χ0n) is 7.35. The van der Waals surface area contributed by atoms with Crippen LogP contribution in [0.25, 0.3) is 6.08 Å². The van der Waals surface area contributed by atoms with Crippen molar-refractivity contribution >= 4 is 18.5 Å². The molecule has 0 saturated carbocycles. The van der Waals surface area contributed by atoms with Crippen LogP contribution in [0.2, 0.25) is 0 Å². The summed E-state index contributed by atoms with van der Waals surface area (Å²) in [5.41, 5.74) is 0.129. The minimum Gasteiger partial charge on any atom is -0.206 e. The quantitative estimate of drug-likeness (QED) is 0.488. The van der Waals surface area contributed by atoms with Crippen molar-refractivity contribution in [2.24, 2.45) is 0 Å². The maximum Gasteiger partial charge on any atom is 0.241 e. The number of benzene rings is 1. The average molecular weight is 182 g/mol. The van der Waals surface area contributed by atoms with E-state index in [1.807, 2.05) is 0 Å². The summed E-state index contributed by atoms with van der Waals surface area (Å²) in [4.78, 5) is 0. The number of nitrogens with zero attached hydrogens (tertiary/aromatic N) is 1. The van der Waals surface area contributed by atoms with Crippen molar-refractivity contribution in [3.63, 3.8) is 0 Å². The molecule has 0 N–H and O–H groups in total. The lowest BCUT2D eigenvalue weighted by Gasteiger charge is -2.01. The van der Waals surface area contributed by atoms with E-state index in [0.29, 0.717) is 0 Å². The van der Waals surface area contributed by atoms with Crippen molar-refractivity contribution in [1.82, 2.24) is 0 Å². The maximum atomic E-state index is 13.4. The molecule has 1 aromatic carbocycles. The van der Waals surface area contributed by atoms with E-state index in [-0.39, 0.29) is 11.3 Å². The molecule has 68 valence electrons. The first-order valence-electron chi connectivity index (χ1n) is 3.72. The third kappa shape index (κ3) is 1.64. The first kappa shape index (κ1) is 9.58. The summed E-state index contributed by atoms with van der Waals surface area (Å²) in [5, 5.41) is 0. The van der Waals surface area contributed by atoms with Gasteiger partial charge in [0.05, 0.1) is 5.56 Å². The van der Waals surface area contributed by atoms with Crippen molar-refractivity contribution in [3.05, 3.63) is 35.9 Å². The van der Waals surface area contributed by atoms with Gasteiger partial charge in [-0.15, -0.1) is 0 Å². The van der Waals surface area contributed by atoms with Gasteiger partial charge >= 0.3 is 0 Å². The molecule has 1 aromatic rings. The van der Waals surface area contributed by atoms with Crippen LogP contribution in [-0.4, -0.2) is 18.3 Å². The Balaban J connectivity index is 3.44. The van der Waals surface area contributed by atoms with Crippen LogP contribution in [0, 0.1) is 11.6 Å². The Morgan fingerprint density at radius 3 is 2.46 bits per heavy atom. The summed E-state index contributed by atoms with van der Waals surface area (Å²) in [6.45, 7) is 6.85. The summed E-state index contributed by atoms with van der Waals surface area (Å²) in [6, 6.07) is 2.53. The van der Waals surface area contributed by atoms with Gasteiger partial charge in [0.25, 0.3) is 0 Å². The molecule has 0 amide bonds. The second-order valence-corrected chi connectivity index (χ2v) is 2.70. The van der Waals surface area contributed by atoms with Gasteiger partial charge in [-0.1, -0.05) is 12.7 Å². The fourth-order valence-corrected chi connectivity index (χ4v) is 1.04. The molecular formula is C10H10F2N+. The van der Waals surface area contributed by atoms with E-state index in [4.69, 9.17) is 0 Å². The largest absolute Gasteiger partial charge is 0.241 e. The summed E-state index contributed by atoms with van der Waals surface area (Å²) in [6.07, 6.45) is 1.15. The standard InChI is InChI=1S/C10H10F2N/c1-4-7-8(11)5-6-9(10(7)12)13(2)3/h4-6H,1-2H2,3H3/q+1. The smallest absolute Gasteiger partial charge is 0.206 e. The first-order chi connectivity index (χ1) is 6.07. The number of hydrogen-bond donors (Lipinski definition) is 0. The second kappa shape index (κ2) is 3.47. The van der Waals surface area contributed by atoms with Crippen LogP contribution in [0.5, 0.6) is 0 Å². The lowest BCUT2D eigenvalue weighted by atomic mass is 10.1. The number of hydrogen-bond acceptors (Lipinski definition) is 0. The van der Waals surface area contributed by atoms with Crippen molar-refractivity contribution in [2.75, 3.05) is 7.05 Å². The topological polar surface area (TPSA) is 3.01 Å². The van der Waals surface area contributed by atoms with Gasteiger partial charge in [-0.05, 0) is 6.07 Å². The van der Waals surface area contributed by atoms with Gasteiger partial charge in [0.1, 0.15) is 19.6 Å². The van der Waals surface area contributed by atoms with E-state index in [1.165, 1.54) is 16.7 Å². The van der Waals surface area contributed by atoms with E-state index in [1.54, 1.807) is 7.05 Å². The van der Waals surface area contributed by atoms with E-state index < -0.39 is 11.6 Å². The minimum atomic E-state index is -0.632. The third-order valence-electron chi connectivity index (χ3n) is 1.72. The molecule has 0 aliphatic rings. The van der Waals surface area contributed by atoms with Crippen LogP contribution in [0.1, 0.15) is 5.56 Å². The predicted molar refractivity (Wildman–Crippen MR) is 49.4 cm³/mol. The van der Waals surface area contributed by atoms with Gasteiger partial charge < -0.3 is 0 Å². The second-order valence-electron chi connectivity index (χ2n) is 2.70. The zero-order valence-corrected chi connectivity index (χ0v) is 7.35. The average Bonchev–Trinajstić information content (AvgIpc) is 2.04. The Morgan fingerprint density at radius 1 is 1.38 bits per heavy atom. The maximum absolute atomic E-state index is 13.4. The highest BCUT2D eigenvalue weighted by atomic mass is 19.1. The molecule has 0 saturated heterocycles. The van der Waals surface area contributed by atoms with Crippen LogP contribution in [0.4, 0.5) is 14.5 Å². The van der Waals surface area contributed by atoms with Gasteiger partial charge in [-0.2, -0.15) is 4.39 Å². The van der Waals surface area contributed by atoms with Crippen LogP contribution >= 0.6 is 0 Å². The Labute approximate surface area is 75.6 Å². The molecule has 0 radical (unpaired) electrons. The Kier molecular flexibility index (Phi) is 2.56. The van der Waals surface area contributed by atoms with E-state index in [9.17, 15) is 8.78 Å². The summed E-state index contributed by atoms with van der Waals surface area (Å²) in [7, 11) is 1.59. The molecule has 0 heterocycles. The van der Waals surface area contributed by atoms with Crippen molar-refractivity contribution in [1.29, 1.82) is 0 Å². The predicted octanol–water partition coefficient (Wildman–Crippen LogP) is 2.58. The summed E-state index contributed by atoms with van der Waals surface area (Å²) in [5.74, 6) is -1.24. The molecule has 0 aromatic heterocycles. The zero-order chi connectivity index (χ0) is 10.0. The van der Waals surface area contributed by atoms with Gasteiger partial charge in [-0.3, -0.25) is 0 Å². The van der Waals surface area contributed by atoms with Crippen LogP contribution in [0.3, 0.4) is 0 Å². The minimum absolute atomic E-state index is 0.118.